The molecule has 0 aliphatic carbocycles. The predicted molar refractivity (Wildman–Crippen MR) is 93.1 cm³/mol. The van der Waals surface area contributed by atoms with Gasteiger partial charge in [-0.1, -0.05) is 12.1 Å². The summed E-state index contributed by atoms with van der Waals surface area (Å²) in [6, 6.07) is 12.9. The zero-order valence-corrected chi connectivity index (χ0v) is 13.9. The van der Waals surface area contributed by atoms with Crippen LogP contribution in [0, 0.1) is 11.7 Å². The van der Waals surface area contributed by atoms with E-state index in [9.17, 15) is 14.0 Å². The van der Waals surface area contributed by atoms with Gasteiger partial charge in [0.05, 0.1) is 18.2 Å². The maximum atomic E-state index is 13.0. The third-order valence-corrected chi connectivity index (χ3v) is 4.08. The Bertz CT molecular complexity index is 776. The van der Waals surface area contributed by atoms with Crippen LogP contribution >= 0.6 is 0 Å². The summed E-state index contributed by atoms with van der Waals surface area (Å²) < 4.78 is 18.5. The summed E-state index contributed by atoms with van der Waals surface area (Å²) in [7, 11) is 0. The SMILES string of the molecule is CCOc1ccccc1NC(=O)[C@@H]1CC(=O)N(c2ccc(F)cc2)C1. The first-order valence-electron chi connectivity index (χ1n) is 8.17. The lowest BCUT2D eigenvalue weighted by Crippen LogP contribution is -2.28. The highest BCUT2D eigenvalue weighted by atomic mass is 19.1. The van der Waals surface area contributed by atoms with Crippen LogP contribution in [0.2, 0.25) is 0 Å². The molecule has 2 aromatic rings. The smallest absolute Gasteiger partial charge is 0.229 e. The number of benzene rings is 2. The average Bonchev–Trinajstić information content (AvgIpc) is 2.99. The molecule has 2 aromatic carbocycles. The van der Waals surface area contributed by atoms with Crippen molar-refractivity contribution in [2.75, 3.05) is 23.4 Å². The minimum Gasteiger partial charge on any atom is -0.492 e. The van der Waals surface area contributed by atoms with Crippen molar-refractivity contribution in [2.24, 2.45) is 5.92 Å². The molecule has 130 valence electrons. The summed E-state index contributed by atoms with van der Waals surface area (Å²) in [5.74, 6) is -0.613. The second-order valence-corrected chi connectivity index (χ2v) is 5.80. The molecule has 0 saturated carbocycles. The molecule has 25 heavy (non-hydrogen) atoms. The summed E-state index contributed by atoms with van der Waals surface area (Å²) in [4.78, 5) is 26.3. The number of nitrogens with zero attached hydrogens (tertiary/aromatic N) is 1. The molecule has 1 aliphatic heterocycles. The van der Waals surface area contributed by atoms with Crippen molar-refractivity contribution in [3.05, 3.63) is 54.3 Å². The first-order chi connectivity index (χ1) is 12.1. The molecule has 1 atom stereocenters. The van der Waals surface area contributed by atoms with Crippen LogP contribution in [0.15, 0.2) is 48.5 Å². The molecular weight excluding hydrogens is 323 g/mol. The highest BCUT2D eigenvalue weighted by molar-refractivity contribution is 6.03. The number of hydrogen-bond donors (Lipinski definition) is 1. The molecule has 3 rings (SSSR count). The molecule has 1 aliphatic rings. The molecule has 0 spiro atoms. The zero-order valence-electron chi connectivity index (χ0n) is 13.9. The van der Waals surface area contributed by atoms with Gasteiger partial charge in [0.25, 0.3) is 0 Å². The van der Waals surface area contributed by atoms with Crippen LogP contribution in [0.4, 0.5) is 15.8 Å². The Hall–Kier alpha value is -2.89. The molecule has 1 N–H and O–H groups in total. The summed E-state index contributed by atoms with van der Waals surface area (Å²) >= 11 is 0. The highest BCUT2D eigenvalue weighted by Gasteiger charge is 2.35. The van der Waals surface area contributed by atoms with E-state index in [1.165, 1.54) is 29.2 Å². The van der Waals surface area contributed by atoms with Gasteiger partial charge in [0, 0.05) is 18.7 Å². The fourth-order valence-corrected chi connectivity index (χ4v) is 2.84. The molecule has 0 aromatic heterocycles. The Morgan fingerprint density at radius 3 is 2.68 bits per heavy atom. The second kappa shape index (κ2) is 7.34. The van der Waals surface area contributed by atoms with Gasteiger partial charge in [-0.25, -0.2) is 4.39 Å². The number of rotatable bonds is 5. The Balaban J connectivity index is 1.70. The van der Waals surface area contributed by atoms with E-state index >= 15 is 0 Å². The van der Waals surface area contributed by atoms with E-state index in [0.29, 0.717) is 23.7 Å². The molecule has 0 unspecified atom stereocenters. The van der Waals surface area contributed by atoms with Crippen molar-refractivity contribution >= 4 is 23.2 Å². The second-order valence-electron chi connectivity index (χ2n) is 5.80. The molecule has 1 fully saturated rings. The number of carbonyl (C=O) groups excluding carboxylic acids is 2. The van der Waals surface area contributed by atoms with Gasteiger partial charge in [0.1, 0.15) is 11.6 Å². The van der Waals surface area contributed by atoms with Gasteiger partial charge in [-0.3, -0.25) is 9.59 Å². The number of amides is 2. The summed E-state index contributed by atoms with van der Waals surface area (Å²) in [6.07, 6.45) is 0.125. The van der Waals surface area contributed by atoms with E-state index in [1.54, 1.807) is 12.1 Å². The Morgan fingerprint density at radius 1 is 1.24 bits per heavy atom. The standard InChI is InChI=1S/C19H19FN2O3/c1-2-25-17-6-4-3-5-16(17)21-19(24)13-11-18(23)22(12-13)15-9-7-14(20)8-10-15/h3-10,13H,2,11-12H2,1H3,(H,21,24)/t13-/m1/s1. The zero-order chi connectivity index (χ0) is 17.8. The first kappa shape index (κ1) is 17.0. The van der Waals surface area contributed by atoms with E-state index in [0.717, 1.165) is 0 Å². The molecule has 6 heteroatoms. The van der Waals surface area contributed by atoms with Crippen LogP contribution in [0.5, 0.6) is 5.75 Å². The number of halogens is 1. The lowest BCUT2D eigenvalue weighted by atomic mass is 10.1. The number of hydrogen-bond acceptors (Lipinski definition) is 3. The lowest BCUT2D eigenvalue weighted by Gasteiger charge is -2.17. The average molecular weight is 342 g/mol. The molecule has 2 amide bonds. The summed E-state index contributed by atoms with van der Waals surface area (Å²) in [5, 5.41) is 2.84. The summed E-state index contributed by atoms with van der Waals surface area (Å²) in [5.41, 5.74) is 1.18. The molecule has 0 bridgehead atoms. The monoisotopic (exact) mass is 342 g/mol. The van der Waals surface area contributed by atoms with Crippen LogP contribution < -0.4 is 15.0 Å². The number of carbonyl (C=O) groups is 2. The van der Waals surface area contributed by atoms with Gasteiger partial charge in [-0.15, -0.1) is 0 Å². The maximum absolute atomic E-state index is 13.0. The number of anilines is 2. The van der Waals surface area contributed by atoms with Crippen LogP contribution in [-0.2, 0) is 9.59 Å². The largest absolute Gasteiger partial charge is 0.492 e. The third kappa shape index (κ3) is 3.79. The van der Waals surface area contributed by atoms with E-state index in [4.69, 9.17) is 4.74 Å². The van der Waals surface area contributed by atoms with Crippen LogP contribution in [0.3, 0.4) is 0 Å². The van der Waals surface area contributed by atoms with Gasteiger partial charge >= 0.3 is 0 Å². The van der Waals surface area contributed by atoms with E-state index in [1.807, 2.05) is 19.1 Å². The molecule has 1 heterocycles. The van der Waals surface area contributed by atoms with E-state index in [2.05, 4.69) is 5.32 Å². The fraction of sp³-hybridized carbons (Fsp3) is 0.263. The number of ether oxygens (including phenoxy) is 1. The Morgan fingerprint density at radius 2 is 1.96 bits per heavy atom. The number of nitrogens with one attached hydrogen (secondary N) is 1. The third-order valence-electron chi connectivity index (χ3n) is 4.08. The van der Waals surface area contributed by atoms with E-state index < -0.39 is 5.92 Å². The highest BCUT2D eigenvalue weighted by Crippen LogP contribution is 2.28. The molecule has 1 saturated heterocycles. The minimum absolute atomic E-state index is 0.125. The van der Waals surface area contributed by atoms with Crippen LogP contribution in [0.1, 0.15) is 13.3 Å². The van der Waals surface area contributed by atoms with Crippen molar-refractivity contribution in [1.82, 2.24) is 0 Å². The van der Waals surface area contributed by atoms with E-state index in [-0.39, 0.29) is 30.6 Å². The Kier molecular flexibility index (Phi) is 4.97. The summed E-state index contributed by atoms with van der Waals surface area (Å²) in [6.45, 7) is 2.63. The topological polar surface area (TPSA) is 58.6 Å². The fourth-order valence-electron chi connectivity index (χ4n) is 2.84. The molecular formula is C19H19FN2O3. The van der Waals surface area contributed by atoms with Gasteiger partial charge in [-0.05, 0) is 43.3 Å². The van der Waals surface area contributed by atoms with Gasteiger partial charge in [-0.2, -0.15) is 0 Å². The normalized spacial score (nSPS) is 16.8. The van der Waals surface area contributed by atoms with Crippen LogP contribution in [0.25, 0.3) is 0 Å². The minimum atomic E-state index is -0.466. The van der Waals surface area contributed by atoms with Crippen molar-refractivity contribution in [2.45, 2.75) is 13.3 Å². The maximum Gasteiger partial charge on any atom is 0.229 e. The van der Waals surface area contributed by atoms with Crippen LogP contribution in [-0.4, -0.2) is 25.0 Å². The molecule has 5 nitrogen and oxygen atoms in total. The van der Waals surface area contributed by atoms with Gasteiger partial charge in [0.15, 0.2) is 0 Å². The predicted octanol–water partition coefficient (Wildman–Crippen LogP) is 3.22. The van der Waals surface area contributed by atoms with Crippen molar-refractivity contribution in [3.8, 4) is 5.75 Å². The Labute approximate surface area is 145 Å². The lowest BCUT2D eigenvalue weighted by molar-refractivity contribution is -0.122. The van der Waals surface area contributed by atoms with Gasteiger partial charge in [0.2, 0.25) is 11.8 Å². The van der Waals surface area contributed by atoms with Crippen molar-refractivity contribution in [1.29, 1.82) is 0 Å². The van der Waals surface area contributed by atoms with Gasteiger partial charge < -0.3 is 15.0 Å². The van der Waals surface area contributed by atoms with Crippen molar-refractivity contribution in [3.63, 3.8) is 0 Å². The quantitative estimate of drug-likeness (QED) is 0.908. The van der Waals surface area contributed by atoms with Crippen molar-refractivity contribution < 1.29 is 18.7 Å². The number of para-hydroxylation sites is 2. The first-order valence-corrected chi connectivity index (χ1v) is 8.17. The molecule has 0 radical (unpaired) electrons.